The van der Waals surface area contributed by atoms with Gasteiger partial charge in [0.1, 0.15) is 0 Å². The Morgan fingerprint density at radius 1 is 1.18 bits per heavy atom. The number of hydrogen-bond acceptors (Lipinski definition) is 3. The molecular weight excluding hydrogens is 216 g/mol. The quantitative estimate of drug-likeness (QED) is 0.624. The molecule has 0 aliphatic heterocycles. The van der Waals surface area contributed by atoms with Crippen LogP contribution in [0.15, 0.2) is 47.7 Å². The third-order valence-electron chi connectivity index (χ3n) is 2.65. The molecule has 0 fully saturated rings. The van der Waals surface area contributed by atoms with Gasteiger partial charge in [0.2, 0.25) is 0 Å². The molecule has 0 spiro atoms. The summed E-state index contributed by atoms with van der Waals surface area (Å²) >= 11 is 0. The lowest BCUT2D eigenvalue weighted by Crippen LogP contribution is -2.18. The minimum Gasteiger partial charge on any atom is -0.287 e. The highest BCUT2D eigenvalue weighted by Crippen LogP contribution is 2.14. The molecule has 5 nitrogen and oxygen atoms in total. The molecule has 0 saturated heterocycles. The van der Waals surface area contributed by atoms with E-state index in [2.05, 4.69) is 9.97 Å². The zero-order valence-electron chi connectivity index (χ0n) is 9.24. The summed E-state index contributed by atoms with van der Waals surface area (Å²) in [6.07, 6.45) is 5.17. The van der Waals surface area contributed by atoms with Crippen LogP contribution in [0.3, 0.4) is 0 Å². The summed E-state index contributed by atoms with van der Waals surface area (Å²) in [5.41, 5.74) is 2.12. The van der Waals surface area contributed by atoms with Crippen LogP contribution in [0.1, 0.15) is 0 Å². The summed E-state index contributed by atoms with van der Waals surface area (Å²) in [6.45, 7) is 0. The Morgan fingerprint density at radius 2 is 1.94 bits per heavy atom. The number of aromatic nitrogens is 4. The van der Waals surface area contributed by atoms with Crippen molar-refractivity contribution in [3.63, 3.8) is 0 Å². The smallest absolute Gasteiger partial charge is 0.273 e. The van der Waals surface area contributed by atoms with Gasteiger partial charge in [0.15, 0.2) is 5.65 Å². The van der Waals surface area contributed by atoms with Crippen molar-refractivity contribution in [1.82, 2.24) is 19.2 Å². The molecule has 0 aliphatic carbocycles. The Bertz CT molecular complexity index is 727. The summed E-state index contributed by atoms with van der Waals surface area (Å²) in [6, 6.07) is 7.01. The van der Waals surface area contributed by atoms with Crippen molar-refractivity contribution in [3.8, 4) is 11.3 Å². The molecule has 0 unspecified atom stereocenters. The predicted molar refractivity (Wildman–Crippen MR) is 63.7 cm³/mol. The lowest BCUT2D eigenvalue weighted by molar-refractivity contribution is 0.681. The summed E-state index contributed by atoms with van der Waals surface area (Å²) in [5.74, 6) is 0. The normalized spacial score (nSPS) is 10.9. The minimum atomic E-state index is -0.0886. The number of nitrogens with zero attached hydrogens (tertiary/aromatic N) is 4. The van der Waals surface area contributed by atoms with Gasteiger partial charge < -0.3 is 0 Å². The second kappa shape index (κ2) is 3.55. The lowest BCUT2D eigenvalue weighted by Gasteiger charge is -2.02. The van der Waals surface area contributed by atoms with E-state index < -0.39 is 0 Å². The van der Waals surface area contributed by atoms with Crippen LogP contribution < -0.4 is 5.56 Å². The molecule has 0 saturated carbocycles. The molecule has 17 heavy (non-hydrogen) atoms. The minimum absolute atomic E-state index is 0.0886. The van der Waals surface area contributed by atoms with Crippen LogP contribution in [0.25, 0.3) is 16.9 Å². The maximum absolute atomic E-state index is 11.9. The highest BCUT2D eigenvalue weighted by molar-refractivity contribution is 5.60. The first kappa shape index (κ1) is 9.77. The molecular formula is C12H10N4O. The van der Waals surface area contributed by atoms with Gasteiger partial charge in [-0.1, -0.05) is 0 Å². The van der Waals surface area contributed by atoms with Crippen molar-refractivity contribution in [2.75, 3.05) is 0 Å². The fourth-order valence-electron chi connectivity index (χ4n) is 1.83. The van der Waals surface area contributed by atoms with Crippen LogP contribution in [0.2, 0.25) is 0 Å². The van der Waals surface area contributed by atoms with Crippen LogP contribution in [-0.4, -0.2) is 19.2 Å². The number of rotatable bonds is 1. The first-order valence-corrected chi connectivity index (χ1v) is 5.21. The monoisotopic (exact) mass is 226 g/mol. The van der Waals surface area contributed by atoms with Crippen molar-refractivity contribution < 1.29 is 0 Å². The maximum Gasteiger partial charge on any atom is 0.273 e. The van der Waals surface area contributed by atoms with E-state index in [0.29, 0.717) is 11.3 Å². The van der Waals surface area contributed by atoms with Gasteiger partial charge in [0.25, 0.3) is 5.56 Å². The van der Waals surface area contributed by atoms with Crippen molar-refractivity contribution in [2.24, 2.45) is 7.05 Å². The number of fused-ring (bicyclic) bond motifs is 1. The second-order valence-electron chi connectivity index (χ2n) is 3.77. The summed E-state index contributed by atoms with van der Waals surface area (Å²) < 4.78 is 3.23. The third-order valence-corrected chi connectivity index (χ3v) is 2.65. The fraction of sp³-hybridized carbons (Fsp3) is 0.0833. The van der Waals surface area contributed by atoms with Crippen molar-refractivity contribution >= 4 is 5.65 Å². The van der Waals surface area contributed by atoms with Crippen molar-refractivity contribution in [1.29, 1.82) is 0 Å². The third kappa shape index (κ3) is 1.52. The first-order chi connectivity index (χ1) is 8.25. The van der Waals surface area contributed by atoms with Crippen LogP contribution in [0.4, 0.5) is 0 Å². The number of hydrogen-bond donors (Lipinski definition) is 0. The van der Waals surface area contributed by atoms with E-state index in [9.17, 15) is 4.79 Å². The topological polar surface area (TPSA) is 52.2 Å². The molecule has 3 rings (SSSR count). The van der Waals surface area contributed by atoms with Crippen LogP contribution in [0, 0.1) is 0 Å². The summed E-state index contributed by atoms with van der Waals surface area (Å²) in [7, 11) is 1.81. The van der Waals surface area contributed by atoms with E-state index >= 15 is 0 Å². The molecule has 3 aromatic rings. The largest absolute Gasteiger partial charge is 0.287 e. The Morgan fingerprint density at radius 3 is 2.71 bits per heavy atom. The summed E-state index contributed by atoms with van der Waals surface area (Å²) in [5, 5.41) is 0. The van der Waals surface area contributed by atoms with Crippen molar-refractivity contribution in [2.45, 2.75) is 0 Å². The molecule has 84 valence electrons. The number of aryl methyl sites for hydroxylation is 1. The Hall–Kier alpha value is -2.43. The average molecular weight is 226 g/mol. The Kier molecular flexibility index (Phi) is 2.04. The second-order valence-corrected chi connectivity index (χ2v) is 3.77. The summed E-state index contributed by atoms with van der Waals surface area (Å²) in [4.78, 5) is 20.3. The van der Waals surface area contributed by atoms with E-state index in [4.69, 9.17) is 0 Å². The zero-order chi connectivity index (χ0) is 11.8. The van der Waals surface area contributed by atoms with Gasteiger partial charge in [-0.15, -0.1) is 0 Å². The fourth-order valence-corrected chi connectivity index (χ4v) is 1.83. The zero-order valence-corrected chi connectivity index (χ0v) is 9.24. The highest BCUT2D eigenvalue weighted by Gasteiger charge is 2.06. The lowest BCUT2D eigenvalue weighted by atomic mass is 10.2. The van der Waals surface area contributed by atoms with E-state index in [-0.39, 0.29) is 5.56 Å². The SMILES string of the molecule is Cn1ccc2nc(-c3ccncc3)cc(=O)n21. The Labute approximate surface area is 97.0 Å². The molecule has 0 bridgehead atoms. The van der Waals surface area contributed by atoms with Gasteiger partial charge in [0.05, 0.1) is 5.69 Å². The molecule has 0 aliphatic rings. The molecule has 3 aromatic heterocycles. The average Bonchev–Trinajstić information content (AvgIpc) is 2.73. The van der Waals surface area contributed by atoms with Crippen LogP contribution >= 0.6 is 0 Å². The van der Waals surface area contributed by atoms with Gasteiger partial charge in [-0.05, 0) is 12.1 Å². The molecule has 0 atom stereocenters. The molecule has 0 amide bonds. The highest BCUT2D eigenvalue weighted by atomic mass is 16.1. The molecule has 5 heteroatoms. The Balaban J connectivity index is 2.30. The van der Waals surface area contributed by atoms with Crippen molar-refractivity contribution in [3.05, 3.63) is 53.2 Å². The molecule has 0 aromatic carbocycles. The van der Waals surface area contributed by atoms with E-state index in [1.165, 1.54) is 10.6 Å². The van der Waals surface area contributed by atoms with Gasteiger partial charge in [-0.3, -0.25) is 14.5 Å². The van der Waals surface area contributed by atoms with Crippen LogP contribution in [-0.2, 0) is 7.05 Å². The van der Waals surface area contributed by atoms with E-state index in [1.54, 1.807) is 23.3 Å². The van der Waals surface area contributed by atoms with Gasteiger partial charge in [-0.2, -0.15) is 4.52 Å². The predicted octanol–water partition coefficient (Wildman–Crippen LogP) is 1.09. The van der Waals surface area contributed by atoms with Gasteiger partial charge in [-0.25, -0.2) is 4.98 Å². The molecule has 3 heterocycles. The maximum atomic E-state index is 11.9. The molecule has 0 N–H and O–H groups in total. The molecule has 0 radical (unpaired) electrons. The van der Waals surface area contributed by atoms with Crippen LogP contribution in [0.5, 0.6) is 0 Å². The first-order valence-electron chi connectivity index (χ1n) is 5.21. The van der Waals surface area contributed by atoms with Gasteiger partial charge in [0, 0.05) is 43.3 Å². The number of pyridine rings is 1. The van der Waals surface area contributed by atoms with Gasteiger partial charge >= 0.3 is 0 Å². The standard InChI is InChI=1S/C12H10N4O/c1-15-7-4-11-14-10(8-12(17)16(11)15)9-2-5-13-6-3-9/h2-8H,1H3. The van der Waals surface area contributed by atoms with E-state index in [0.717, 1.165) is 5.56 Å². The van der Waals surface area contributed by atoms with E-state index in [1.807, 2.05) is 25.2 Å².